The Kier molecular flexibility index (Phi) is 5.76. The van der Waals surface area contributed by atoms with Crippen LogP contribution >= 0.6 is 0 Å². The summed E-state index contributed by atoms with van der Waals surface area (Å²) in [4.78, 5) is 15.8. The van der Waals surface area contributed by atoms with Gasteiger partial charge in [-0.1, -0.05) is 13.3 Å². The lowest BCUT2D eigenvalue weighted by Gasteiger charge is -2.06. The normalized spacial score (nSPS) is 11.2. The summed E-state index contributed by atoms with van der Waals surface area (Å²) in [6.45, 7) is 5.65. The van der Waals surface area contributed by atoms with E-state index in [4.69, 9.17) is 9.15 Å². The zero-order valence-electron chi connectivity index (χ0n) is 11.8. The Morgan fingerprint density at radius 1 is 1.40 bits per heavy atom. The van der Waals surface area contributed by atoms with Gasteiger partial charge in [0.15, 0.2) is 11.2 Å². The molecule has 0 aliphatic rings. The summed E-state index contributed by atoms with van der Waals surface area (Å²) in [6, 6.07) is 3.50. The first-order chi connectivity index (χ1) is 9.83. The SMILES string of the molecule is CCCCOCCNCCn1c(=O)oc2cccnc21. The minimum atomic E-state index is -0.361. The number of oxazole rings is 1. The zero-order chi connectivity index (χ0) is 14.2. The minimum Gasteiger partial charge on any atom is -0.406 e. The van der Waals surface area contributed by atoms with Gasteiger partial charge in [0, 0.05) is 32.4 Å². The third-order valence-electron chi connectivity index (χ3n) is 3.00. The smallest absolute Gasteiger partial charge is 0.406 e. The van der Waals surface area contributed by atoms with E-state index in [0.717, 1.165) is 26.0 Å². The van der Waals surface area contributed by atoms with Crippen LogP contribution < -0.4 is 11.1 Å². The Balaban J connectivity index is 1.73. The van der Waals surface area contributed by atoms with Gasteiger partial charge in [0.2, 0.25) is 0 Å². The molecule has 0 bridgehead atoms. The Labute approximate surface area is 117 Å². The van der Waals surface area contributed by atoms with Crippen LogP contribution in [0.4, 0.5) is 0 Å². The van der Waals surface area contributed by atoms with Gasteiger partial charge in [-0.05, 0) is 18.6 Å². The van der Waals surface area contributed by atoms with Crippen molar-refractivity contribution in [1.82, 2.24) is 14.9 Å². The molecule has 2 aromatic heterocycles. The Hall–Kier alpha value is -1.66. The standard InChI is InChI=1S/C14H21N3O3/c1-2-3-10-19-11-8-15-7-9-17-13-12(20-14(17)18)5-4-6-16-13/h4-6,15H,2-3,7-11H2,1H3. The number of pyridine rings is 1. The molecule has 6 nitrogen and oxygen atoms in total. The Morgan fingerprint density at radius 2 is 2.30 bits per heavy atom. The molecule has 0 saturated heterocycles. The van der Waals surface area contributed by atoms with Crippen LogP contribution in [0.5, 0.6) is 0 Å². The number of hydrogen-bond acceptors (Lipinski definition) is 5. The molecule has 20 heavy (non-hydrogen) atoms. The molecule has 0 unspecified atom stereocenters. The van der Waals surface area contributed by atoms with E-state index >= 15 is 0 Å². The topological polar surface area (TPSA) is 69.3 Å². The molecule has 1 N–H and O–H groups in total. The van der Waals surface area contributed by atoms with E-state index in [0.29, 0.717) is 30.9 Å². The fourth-order valence-corrected chi connectivity index (χ4v) is 1.91. The summed E-state index contributed by atoms with van der Waals surface area (Å²) < 4.78 is 12.1. The molecule has 0 aliphatic heterocycles. The highest BCUT2D eigenvalue weighted by Gasteiger charge is 2.08. The van der Waals surface area contributed by atoms with Crippen LogP contribution in [0.3, 0.4) is 0 Å². The average molecular weight is 279 g/mol. The van der Waals surface area contributed by atoms with Crippen LogP contribution in [0, 0.1) is 0 Å². The second-order valence-corrected chi connectivity index (χ2v) is 4.56. The molecule has 2 heterocycles. The van der Waals surface area contributed by atoms with Gasteiger partial charge in [-0.25, -0.2) is 9.78 Å². The van der Waals surface area contributed by atoms with E-state index in [-0.39, 0.29) is 5.76 Å². The molecule has 0 amide bonds. The third kappa shape index (κ3) is 3.91. The van der Waals surface area contributed by atoms with Crippen molar-refractivity contribution in [3.8, 4) is 0 Å². The van der Waals surface area contributed by atoms with E-state index in [2.05, 4.69) is 17.2 Å². The zero-order valence-corrected chi connectivity index (χ0v) is 11.8. The van der Waals surface area contributed by atoms with Crippen LogP contribution in [-0.4, -0.2) is 35.9 Å². The number of unbranched alkanes of at least 4 members (excludes halogenated alkanes) is 1. The fraction of sp³-hybridized carbons (Fsp3) is 0.571. The maximum absolute atomic E-state index is 11.7. The lowest BCUT2D eigenvalue weighted by molar-refractivity contribution is 0.133. The van der Waals surface area contributed by atoms with Crippen molar-refractivity contribution in [2.24, 2.45) is 0 Å². The van der Waals surface area contributed by atoms with E-state index in [1.165, 1.54) is 0 Å². The highest BCUT2D eigenvalue weighted by Crippen LogP contribution is 2.07. The summed E-state index contributed by atoms with van der Waals surface area (Å²) >= 11 is 0. The number of aromatic nitrogens is 2. The summed E-state index contributed by atoms with van der Waals surface area (Å²) in [6.07, 6.45) is 3.90. The highest BCUT2D eigenvalue weighted by atomic mass is 16.5. The minimum absolute atomic E-state index is 0.361. The molecular weight excluding hydrogens is 258 g/mol. The molecule has 0 radical (unpaired) electrons. The van der Waals surface area contributed by atoms with Gasteiger partial charge in [-0.2, -0.15) is 0 Å². The van der Waals surface area contributed by atoms with Crippen molar-refractivity contribution in [2.45, 2.75) is 26.3 Å². The largest absolute Gasteiger partial charge is 0.421 e. The first-order valence-corrected chi connectivity index (χ1v) is 7.05. The molecule has 0 saturated carbocycles. The van der Waals surface area contributed by atoms with Crippen molar-refractivity contribution in [2.75, 3.05) is 26.3 Å². The van der Waals surface area contributed by atoms with Crippen LogP contribution in [0.2, 0.25) is 0 Å². The Bertz CT molecular complexity index is 576. The molecule has 0 fully saturated rings. The van der Waals surface area contributed by atoms with Crippen LogP contribution in [-0.2, 0) is 11.3 Å². The molecular formula is C14H21N3O3. The predicted octanol–water partition coefficient (Wildman–Crippen LogP) is 1.40. The van der Waals surface area contributed by atoms with Crippen molar-refractivity contribution in [3.63, 3.8) is 0 Å². The van der Waals surface area contributed by atoms with E-state index in [1.807, 2.05) is 0 Å². The molecule has 6 heteroatoms. The molecule has 0 spiro atoms. The van der Waals surface area contributed by atoms with Gasteiger partial charge in [0.1, 0.15) is 0 Å². The van der Waals surface area contributed by atoms with E-state index in [1.54, 1.807) is 22.9 Å². The predicted molar refractivity (Wildman–Crippen MR) is 76.9 cm³/mol. The first-order valence-electron chi connectivity index (χ1n) is 7.05. The average Bonchev–Trinajstić information content (AvgIpc) is 2.78. The Morgan fingerprint density at radius 3 is 3.15 bits per heavy atom. The molecule has 0 atom stereocenters. The number of rotatable bonds is 9. The maximum Gasteiger partial charge on any atom is 0.421 e. The summed E-state index contributed by atoms with van der Waals surface area (Å²) in [7, 11) is 0. The first kappa shape index (κ1) is 14.7. The fourth-order valence-electron chi connectivity index (χ4n) is 1.91. The number of fused-ring (bicyclic) bond motifs is 1. The van der Waals surface area contributed by atoms with Gasteiger partial charge in [0.05, 0.1) is 6.61 Å². The molecule has 0 aromatic carbocycles. The lowest BCUT2D eigenvalue weighted by Crippen LogP contribution is -2.27. The van der Waals surface area contributed by atoms with Crippen molar-refractivity contribution < 1.29 is 9.15 Å². The summed E-state index contributed by atoms with van der Waals surface area (Å²) in [5.41, 5.74) is 1.12. The number of hydrogen-bond donors (Lipinski definition) is 1. The maximum atomic E-state index is 11.7. The second kappa shape index (κ2) is 7.81. The van der Waals surface area contributed by atoms with E-state index < -0.39 is 0 Å². The number of nitrogens with one attached hydrogen (secondary N) is 1. The quantitative estimate of drug-likeness (QED) is 0.703. The van der Waals surface area contributed by atoms with Crippen LogP contribution in [0.25, 0.3) is 11.2 Å². The summed E-state index contributed by atoms with van der Waals surface area (Å²) in [5.74, 6) is -0.361. The van der Waals surface area contributed by atoms with Gasteiger partial charge in [-0.15, -0.1) is 0 Å². The van der Waals surface area contributed by atoms with E-state index in [9.17, 15) is 4.79 Å². The van der Waals surface area contributed by atoms with Gasteiger partial charge in [-0.3, -0.25) is 4.57 Å². The van der Waals surface area contributed by atoms with Gasteiger partial charge in [0.25, 0.3) is 0 Å². The summed E-state index contributed by atoms with van der Waals surface area (Å²) in [5, 5.41) is 3.24. The third-order valence-corrected chi connectivity index (χ3v) is 3.00. The lowest BCUT2D eigenvalue weighted by atomic mass is 10.4. The molecule has 2 aromatic rings. The van der Waals surface area contributed by atoms with Crippen molar-refractivity contribution in [3.05, 3.63) is 28.9 Å². The van der Waals surface area contributed by atoms with Crippen LogP contribution in [0.15, 0.2) is 27.5 Å². The monoisotopic (exact) mass is 279 g/mol. The van der Waals surface area contributed by atoms with Gasteiger partial charge < -0.3 is 14.5 Å². The number of ether oxygens (including phenoxy) is 1. The second-order valence-electron chi connectivity index (χ2n) is 4.56. The van der Waals surface area contributed by atoms with Crippen molar-refractivity contribution in [1.29, 1.82) is 0 Å². The molecule has 2 rings (SSSR count). The van der Waals surface area contributed by atoms with Gasteiger partial charge >= 0.3 is 5.76 Å². The molecule has 0 aliphatic carbocycles. The number of nitrogens with zero attached hydrogens (tertiary/aromatic N) is 2. The highest BCUT2D eigenvalue weighted by molar-refractivity contribution is 5.67. The molecule has 110 valence electrons. The van der Waals surface area contributed by atoms with Crippen LogP contribution in [0.1, 0.15) is 19.8 Å². The van der Waals surface area contributed by atoms with Crippen molar-refractivity contribution >= 4 is 11.2 Å².